The molecule has 1 N–H and O–H groups in total. The third-order valence-electron chi connectivity index (χ3n) is 4.61. The molecule has 0 atom stereocenters. The lowest BCUT2D eigenvalue weighted by Gasteiger charge is -2.34. The number of hydrogen-bond donors (Lipinski definition) is 1. The van der Waals surface area contributed by atoms with Crippen LogP contribution in [0.15, 0.2) is 34.9 Å². The summed E-state index contributed by atoms with van der Waals surface area (Å²) >= 11 is 0. The molecule has 0 bridgehead atoms. The number of rotatable bonds is 7. The third kappa shape index (κ3) is 5.32. The van der Waals surface area contributed by atoms with Gasteiger partial charge in [0.2, 0.25) is 5.91 Å². The predicted octanol–water partition coefficient (Wildman–Crippen LogP) is 1.46. The van der Waals surface area contributed by atoms with E-state index in [-0.39, 0.29) is 18.4 Å². The fraction of sp³-hybridized carbons (Fsp3) is 0.450. The Hall–Kier alpha value is -2.87. The quantitative estimate of drug-likeness (QED) is 0.775. The third-order valence-corrected chi connectivity index (χ3v) is 4.61. The van der Waals surface area contributed by atoms with Crippen LogP contribution < -0.4 is 10.1 Å². The largest absolute Gasteiger partial charge is 0.494 e. The maximum Gasteiger partial charge on any atom is 0.251 e. The molecule has 8 heteroatoms. The predicted molar refractivity (Wildman–Crippen MR) is 103 cm³/mol. The first-order valence-electron chi connectivity index (χ1n) is 9.48. The van der Waals surface area contributed by atoms with Crippen LogP contribution in [0.25, 0.3) is 0 Å². The zero-order valence-electron chi connectivity index (χ0n) is 16.3. The molecule has 150 valence electrons. The summed E-state index contributed by atoms with van der Waals surface area (Å²) in [5, 5.41) is 6.59. The van der Waals surface area contributed by atoms with Crippen molar-refractivity contribution in [3.63, 3.8) is 0 Å². The summed E-state index contributed by atoms with van der Waals surface area (Å²) in [4.78, 5) is 28.6. The van der Waals surface area contributed by atoms with Crippen molar-refractivity contribution in [2.24, 2.45) is 0 Å². The highest BCUT2D eigenvalue weighted by Crippen LogP contribution is 2.12. The summed E-state index contributed by atoms with van der Waals surface area (Å²) in [5.74, 6) is 1.21. The Bertz CT molecular complexity index is 795. The molecular weight excluding hydrogens is 360 g/mol. The average molecular weight is 386 g/mol. The van der Waals surface area contributed by atoms with E-state index in [1.807, 2.05) is 19.9 Å². The molecule has 1 aromatic carbocycles. The summed E-state index contributed by atoms with van der Waals surface area (Å²) in [5.41, 5.74) is 1.37. The summed E-state index contributed by atoms with van der Waals surface area (Å²) < 4.78 is 10.6. The number of benzene rings is 1. The van der Waals surface area contributed by atoms with Gasteiger partial charge >= 0.3 is 0 Å². The first-order chi connectivity index (χ1) is 13.5. The Morgan fingerprint density at radius 3 is 2.50 bits per heavy atom. The molecule has 1 fully saturated rings. The first kappa shape index (κ1) is 19.9. The molecule has 2 heterocycles. The molecule has 0 saturated carbocycles. The van der Waals surface area contributed by atoms with E-state index in [1.165, 1.54) is 0 Å². The molecule has 0 radical (unpaired) electrons. The topological polar surface area (TPSA) is 87.9 Å². The molecular formula is C20H26N4O4. The fourth-order valence-corrected chi connectivity index (χ4v) is 3.11. The van der Waals surface area contributed by atoms with Crippen LogP contribution in [-0.4, -0.2) is 66.1 Å². The number of aryl methyl sites for hydroxylation is 1. The molecule has 0 unspecified atom stereocenters. The molecule has 28 heavy (non-hydrogen) atoms. The average Bonchev–Trinajstić information content (AvgIpc) is 3.12. The number of piperazine rings is 1. The van der Waals surface area contributed by atoms with Crippen molar-refractivity contribution >= 4 is 11.8 Å². The van der Waals surface area contributed by atoms with E-state index in [2.05, 4.69) is 15.4 Å². The van der Waals surface area contributed by atoms with Crippen LogP contribution in [0, 0.1) is 6.92 Å². The lowest BCUT2D eigenvalue weighted by atomic mass is 10.2. The van der Waals surface area contributed by atoms with Crippen molar-refractivity contribution in [2.75, 3.05) is 39.3 Å². The number of nitrogens with zero attached hydrogens (tertiary/aromatic N) is 3. The molecule has 0 spiro atoms. The zero-order valence-corrected chi connectivity index (χ0v) is 16.3. The lowest BCUT2D eigenvalue weighted by Crippen LogP contribution is -2.50. The van der Waals surface area contributed by atoms with E-state index in [0.717, 1.165) is 24.5 Å². The minimum absolute atomic E-state index is 0.00660. The molecule has 1 aliphatic heterocycles. The van der Waals surface area contributed by atoms with Gasteiger partial charge < -0.3 is 19.5 Å². The van der Waals surface area contributed by atoms with E-state index in [4.69, 9.17) is 9.26 Å². The van der Waals surface area contributed by atoms with E-state index in [1.54, 1.807) is 29.2 Å². The van der Waals surface area contributed by atoms with Crippen LogP contribution in [0.4, 0.5) is 0 Å². The molecule has 1 aromatic heterocycles. The number of carbonyl (C=O) groups is 2. The minimum Gasteiger partial charge on any atom is -0.494 e. The molecule has 1 saturated heterocycles. The fourth-order valence-electron chi connectivity index (χ4n) is 3.11. The van der Waals surface area contributed by atoms with Crippen LogP contribution in [-0.2, 0) is 11.3 Å². The number of nitrogens with one attached hydrogen (secondary N) is 1. The van der Waals surface area contributed by atoms with E-state index in [0.29, 0.717) is 37.6 Å². The molecule has 2 amide bonds. The monoisotopic (exact) mass is 386 g/mol. The Labute approximate surface area is 164 Å². The number of carbonyl (C=O) groups excluding carboxylic acids is 2. The van der Waals surface area contributed by atoms with Crippen LogP contribution in [0.3, 0.4) is 0 Å². The highest BCUT2D eigenvalue weighted by atomic mass is 16.5. The van der Waals surface area contributed by atoms with Gasteiger partial charge in [-0.3, -0.25) is 14.5 Å². The number of ether oxygens (including phenoxy) is 1. The van der Waals surface area contributed by atoms with E-state index in [9.17, 15) is 9.59 Å². The van der Waals surface area contributed by atoms with E-state index < -0.39 is 0 Å². The molecule has 0 aliphatic carbocycles. The summed E-state index contributed by atoms with van der Waals surface area (Å²) in [6.07, 6.45) is 0. The van der Waals surface area contributed by atoms with Gasteiger partial charge in [-0.2, -0.15) is 0 Å². The van der Waals surface area contributed by atoms with Gasteiger partial charge in [-0.25, -0.2) is 0 Å². The van der Waals surface area contributed by atoms with Gasteiger partial charge in [0.25, 0.3) is 5.91 Å². The Balaban J connectivity index is 1.41. The minimum atomic E-state index is -0.268. The van der Waals surface area contributed by atoms with Crippen molar-refractivity contribution in [1.29, 1.82) is 0 Å². The van der Waals surface area contributed by atoms with Gasteiger partial charge in [-0.05, 0) is 38.1 Å². The number of aromatic nitrogens is 1. The van der Waals surface area contributed by atoms with Gasteiger partial charge in [0.15, 0.2) is 5.76 Å². The van der Waals surface area contributed by atoms with Crippen molar-refractivity contribution < 1.29 is 18.8 Å². The highest BCUT2D eigenvalue weighted by Gasteiger charge is 2.22. The van der Waals surface area contributed by atoms with Gasteiger partial charge in [0.1, 0.15) is 5.75 Å². The maximum atomic E-state index is 12.4. The Morgan fingerprint density at radius 2 is 1.89 bits per heavy atom. The summed E-state index contributed by atoms with van der Waals surface area (Å²) in [6, 6.07) is 8.79. The molecule has 1 aliphatic rings. The number of amides is 2. The Kier molecular flexibility index (Phi) is 6.65. The highest BCUT2D eigenvalue weighted by molar-refractivity contribution is 5.96. The summed E-state index contributed by atoms with van der Waals surface area (Å²) in [6.45, 7) is 7.84. The van der Waals surface area contributed by atoms with Crippen LogP contribution in [0.2, 0.25) is 0 Å². The van der Waals surface area contributed by atoms with Crippen LogP contribution in [0.5, 0.6) is 5.75 Å². The van der Waals surface area contributed by atoms with Gasteiger partial charge in [-0.15, -0.1) is 0 Å². The van der Waals surface area contributed by atoms with Crippen LogP contribution >= 0.6 is 0 Å². The first-order valence-corrected chi connectivity index (χ1v) is 9.48. The van der Waals surface area contributed by atoms with Crippen molar-refractivity contribution in [3.05, 3.63) is 47.3 Å². The maximum absolute atomic E-state index is 12.4. The van der Waals surface area contributed by atoms with Crippen LogP contribution in [0.1, 0.15) is 28.7 Å². The number of hydrogen-bond acceptors (Lipinski definition) is 6. The molecule has 8 nitrogen and oxygen atoms in total. The standard InChI is InChI=1S/C20H26N4O4/c1-3-27-17-6-4-16(5-7-17)20(26)21-13-19(25)24-10-8-23(9-11-24)14-18-12-15(2)22-28-18/h4-7,12H,3,8-11,13-14H2,1-2H3,(H,21,26). The second kappa shape index (κ2) is 9.36. The van der Waals surface area contributed by atoms with Gasteiger partial charge in [-0.1, -0.05) is 5.16 Å². The zero-order chi connectivity index (χ0) is 19.9. The van der Waals surface area contributed by atoms with Gasteiger partial charge in [0, 0.05) is 37.8 Å². The molecule has 2 aromatic rings. The van der Waals surface area contributed by atoms with Crippen molar-refractivity contribution in [3.8, 4) is 5.75 Å². The normalized spacial score (nSPS) is 14.7. The molecule has 3 rings (SSSR count). The second-order valence-electron chi connectivity index (χ2n) is 6.73. The van der Waals surface area contributed by atoms with Gasteiger partial charge in [0.05, 0.1) is 25.4 Å². The SMILES string of the molecule is CCOc1ccc(C(=O)NCC(=O)N2CCN(Cc3cc(C)no3)CC2)cc1. The van der Waals surface area contributed by atoms with E-state index >= 15 is 0 Å². The lowest BCUT2D eigenvalue weighted by molar-refractivity contribution is -0.131. The smallest absolute Gasteiger partial charge is 0.251 e. The summed E-state index contributed by atoms with van der Waals surface area (Å²) in [7, 11) is 0. The van der Waals surface area contributed by atoms with Crippen molar-refractivity contribution in [2.45, 2.75) is 20.4 Å². The second-order valence-corrected chi connectivity index (χ2v) is 6.73. The van der Waals surface area contributed by atoms with Crippen molar-refractivity contribution in [1.82, 2.24) is 20.3 Å². The Morgan fingerprint density at radius 1 is 1.18 bits per heavy atom.